The smallest absolute Gasteiger partial charge is 0.387 e. The predicted octanol–water partition coefficient (Wildman–Crippen LogP) is 2.10. The number of piperidine rings is 1. The first-order valence-corrected chi connectivity index (χ1v) is 8.41. The average Bonchev–Trinajstić information content (AvgIpc) is 2.57. The lowest BCUT2D eigenvalue weighted by atomic mass is 10.1. The highest BCUT2D eigenvalue weighted by atomic mass is 19.3. The second kappa shape index (κ2) is 9.30. The minimum Gasteiger partial charge on any atom is -0.434 e. The summed E-state index contributed by atoms with van der Waals surface area (Å²) in [4.78, 5) is 17.5. The minimum absolute atomic E-state index is 0.00732. The van der Waals surface area contributed by atoms with E-state index in [1.807, 2.05) is 6.92 Å². The van der Waals surface area contributed by atoms with Crippen molar-refractivity contribution in [2.24, 2.45) is 4.99 Å². The van der Waals surface area contributed by atoms with E-state index in [2.05, 4.69) is 20.4 Å². The molecule has 2 rings (SSSR count). The molecule has 1 unspecified atom stereocenters. The van der Waals surface area contributed by atoms with Crippen LogP contribution in [0.15, 0.2) is 23.2 Å². The Balaban J connectivity index is 2.10. The standard InChI is InChI=1S/C17H23F3N4O2/c1-3-21-17(23-11-7-8-15(25)24(2)10-11)22-9-12-13(18)5-4-6-14(12)26-16(19)20/h4-6,11,16H,3,7-10H2,1-2H3,(H2,21,22,23). The van der Waals surface area contributed by atoms with Crippen LogP contribution >= 0.6 is 0 Å². The zero-order chi connectivity index (χ0) is 19.1. The molecule has 2 N–H and O–H groups in total. The van der Waals surface area contributed by atoms with Crippen LogP contribution in [-0.4, -0.2) is 49.6 Å². The summed E-state index contributed by atoms with van der Waals surface area (Å²) in [5.41, 5.74) is -0.0408. The summed E-state index contributed by atoms with van der Waals surface area (Å²) in [5.74, 6) is -0.384. The lowest BCUT2D eigenvalue weighted by Gasteiger charge is -2.31. The van der Waals surface area contributed by atoms with Crippen molar-refractivity contribution in [2.45, 2.75) is 39.0 Å². The number of nitrogens with zero attached hydrogens (tertiary/aromatic N) is 2. The van der Waals surface area contributed by atoms with E-state index in [0.29, 0.717) is 31.9 Å². The molecule has 1 aliphatic rings. The molecule has 0 saturated carbocycles. The number of likely N-dealkylation sites (tertiary alicyclic amines) is 1. The lowest BCUT2D eigenvalue weighted by Crippen LogP contribution is -2.51. The third-order valence-electron chi connectivity index (χ3n) is 4.00. The number of hydrogen-bond acceptors (Lipinski definition) is 3. The van der Waals surface area contributed by atoms with Gasteiger partial charge in [0.25, 0.3) is 0 Å². The Morgan fingerprint density at radius 1 is 1.46 bits per heavy atom. The maximum Gasteiger partial charge on any atom is 0.387 e. The van der Waals surface area contributed by atoms with Gasteiger partial charge in [0.05, 0.1) is 12.1 Å². The number of ether oxygens (including phenoxy) is 1. The normalized spacial score (nSPS) is 18.2. The van der Waals surface area contributed by atoms with Crippen LogP contribution in [0.2, 0.25) is 0 Å². The van der Waals surface area contributed by atoms with Crippen molar-refractivity contribution in [2.75, 3.05) is 20.1 Å². The number of carbonyl (C=O) groups is 1. The molecule has 1 saturated heterocycles. The summed E-state index contributed by atoms with van der Waals surface area (Å²) >= 11 is 0. The molecule has 1 heterocycles. The molecule has 1 amide bonds. The zero-order valence-corrected chi connectivity index (χ0v) is 14.8. The molecule has 1 atom stereocenters. The van der Waals surface area contributed by atoms with Crippen LogP contribution in [0.1, 0.15) is 25.3 Å². The number of benzene rings is 1. The predicted molar refractivity (Wildman–Crippen MR) is 91.6 cm³/mol. The summed E-state index contributed by atoms with van der Waals surface area (Å²) in [7, 11) is 1.73. The molecule has 1 fully saturated rings. The third kappa shape index (κ3) is 5.53. The fourth-order valence-electron chi connectivity index (χ4n) is 2.70. The Morgan fingerprint density at radius 3 is 2.88 bits per heavy atom. The first-order valence-electron chi connectivity index (χ1n) is 8.41. The van der Waals surface area contributed by atoms with Crippen molar-refractivity contribution >= 4 is 11.9 Å². The second-order valence-corrected chi connectivity index (χ2v) is 5.94. The molecule has 0 aliphatic carbocycles. The maximum absolute atomic E-state index is 14.0. The Bertz CT molecular complexity index is 655. The second-order valence-electron chi connectivity index (χ2n) is 5.94. The number of guanidine groups is 1. The minimum atomic E-state index is -3.04. The summed E-state index contributed by atoms with van der Waals surface area (Å²) < 4.78 is 43.4. The molecule has 144 valence electrons. The van der Waals surface area contributed by atoms with Crippen molar-refractivity contribution in [1.29, 1.82) is 0 Å². The average molecular weight is 372 g/mol. The Kier molecular flexibility index (Phi) is 7.11. The largest absolute Gasteiger partial charge is 0.434 e. The number of amides is 1. The Morgan fingerprint density at radius 2 is 2.23 bits per heavy atom. The van der Waals surface area contributed by atoms with Crippen molar-refractivity contribution in [3.05, 3.63) is 29.6 Å². The summed E-state index contributed by atoms with van der Waals surface area (Å²) in [6, 6.07) is 3.76. The van der Waals surface area contributed by atoms with Crippen LogP contribution in [0.5, 0.6) is 5.75 Å². The van der Waals surface area contributed by atoms with Gasteiger partial charge in [-0.25, -0.2) is 9.38 Å². The van der Waals surface area contributed by atoms with E-state index in [1.54, 1.807) is 11.9 Å². The number of likely N-dealkylation sites (N-methyl/N-ethyl adjacent to an activating group) is 1. The Hall–Kier alpha value is -2.45. The van der Waals surface area contributed by atoms with Crippen molar-refractivity contribution in [1.82, 2.24) is 15.5 Å². The fraction of sp³-hybridized carbons (Fsp3) is 0.529. The van der Waals surface area contributed by atoms with Gasteiger partial charge in [-0.1, -0.05) is 6.07 Å². The van der Waals surface area contributed by atoms with Gasteiger partial charge in [-0.2, -0.15) is 8.78 Å². The van der Waals surface area contributed by atoms with Gasteiger partial charge < -0.3 is 20.3 Å². The van der Waals surface area contributed by atoms with Crippen LogP contribution in [-0.2, 0) is 11.3 Å². The van der Waals surface area contributed by atoms with Crippen LogP contribution in [0.3, 0.4) is 0 Å². The van der Waals surface area contributed by atoms with E-state index in [-0.39, 0.29) is 29.8 Å². The van der Waals surface area contributed by atoms with Gasteiger partial charge in [-0.3, -0.25) is 4.79 Å². The van der Waals surface area contributed by atoms with Gasteiger partial charge in [0, 0.05) is 32.6 Å². The molecule has 1 aromatic carbocycles. The molecular formula is C17H23F3N4O2. The van der Waals surface area contributed by atoms with Crippen LogP contribution in [0.4, 0.5) is 13.2 Å². The van der Waals surface area contributed by atoms with E-state index in [9.17, 15) is 18.0 Å². The zero-order valence-electron chi connectivity index (χ0n) is 14.8. The molecule has 1 aliphatic heterocycles. The van der Waals surface area contributed by atoms with Crippen LogP contribution in [0, 0.1) is 5.82 Å². The van der Waals surface area contributed by atoms with Crippen molar-refractivity contribution < 1.29 is 22.7 Å². The van der Waals surface area contributed by atoms with E-state index >= 15 is 0 Å². The third-order valence-corrected chi connectivity index (χ3v) is 4.00. The van der Waals surface area contributed by atoms with Gasteiger partial charge in [-0.15, -0.1) is 0 Å². The molecule has 0 spiro atoms. The molecule has 0 aromatic heterocycles. The number of halogens is 3. The van der Waals surface area contributed by atoms with Crippen LogP contribution in [0.25, 0.3) is 0 Å². The van der Waals surface area contributed by atoms with Gasteiger partial charge in [0.15, 0.2) is 5.96 Å². The van der Waals surface area contributed by atoms with E-state index in [0.717, 1.165) is 0 Å². The van der Waals surface area contributed by atoms with E-state index in [4.69, 9.17) is 0 Å². The van der Waals surface area contributed by atoms with Crippen LogP contribution < -0.4 is 15.4 Å². The molecule has 26 heavy (non-hydrogen) atoms. The molecular weight excluding hydrogens is 349 g/mol. The fourth-order valence-corrected chi connectivity index (χ4v) is 2.70. The van der Waals surface area contributed by atoms with E-state index in [1.165, 1.54) is 18.2 Å². The highest BCUT2D eigenvalue weighted by Crippen LogP contribution is 2.24. The number of rotatable bonds is 6. The first kappa shape index (κ1) is 19.9. The highest BCUT2D eigenvalue weighted by molar-refractivity contribution is 5.81. The van der Waals surface area contributed by atoms with Crippen molar-refractivity contribution in [3.8, 4) is 5.75 Å². The highest BCUT2D eigenvalue weighted by Gasteiger charge is 2.23. The molecule has 9 heteroatoms. The number of nitrogens with one attached hydrogen (secondary N) is 2. The summed E-state index contributed by atoms with van der Waals surface area (Å²) in [6.07, 6.45) is 1.10. The quantitative estimate of drug-likeness (QED) is 0.593. The van der Waals surface area contributed by atoms with Crippen molar-refractivity contribution in [3.63, 3.8) is 0 Å². The molecule has 1 aromatic rings. The molecule has 6 nitrogen and oxygen atoms in total. The maximum atomic E-state index is 14.0. The number of alkyl halides is 2. The Labute approximate surface area is 150 Å². The number of aliphatic imine (C=N–C) groups is 1. The summed E-state index contributed by atoms with van der Waals surface area (Å²) in [6.45, 7) is -0.220. The summed E-state index contributed by atoms with van der Waals surface area (Å²) in [5, 5.41) is 6.22. The van der Waals surface area contributed by atoms with Gasteiger partial charge in [0.1, 0.15) is 11.6 Å². The number of carbonyl (C=O) groups excluding carboxylic acids is 1. The van der Waals surface area contributed by atoms with Gasteiger partial charge in [-0.05, 0) is 25.5 Å². The van der Waals surface area contributed by atoms with Gasteiger partial charge in [0.2, 0.25) is 5.91 Å². The molecule has 0 radical (unpaired) electrons. The monoisotopic (exact) mass is 372 g/mol. The van der Waals surface area contributed by atoms with E-state index < -0.39 is 12.4 Å². The topological polar surface area (TPSA) is 66.0 Å². The number of hydrogen-bond donors (Lipinski definition) is 2. The first-order chi connectivity index (χ1) is 12.4. The van der Waals surface area contributed by atoms with Gasteiger partial charge >= 0.3 is 6.61 Å². The lowest BCUT2D eigenvalue weighted by molar-refractivity contribution is -0.132. The molecule has 0 bridgehead atoms. The SMILES string of the molecule is CCNC(=NCc1c(F)cccc1OC(F)F)NC1CCC(=O)N(C)C1.